The van der Waals surface area contributed by atoms with Gasteiger partial charge in [-0.1, -0.05) is 61.2 Å². The van der Waals surface area contributed by atoms with Crippen molar-refractivity contribution < 1.29 is 4.79 Å². The number of likely N-dealkylation sites (tertiary alicyclic amines) is 1. The summed E-state index contributed by atoms with van der Waals surface area (Å²) in [5.41, 5.74) is 1.67. The van der Waals surface area contributed by atoms with Crippen LogP contribution in [0.15, 0.2) is 64.5 Å². The van der Waals surface area contributed by atoms with Gasteiger partial charge in [-0.25, -0.2) is 0 Å². The van der Waals surface area contributed by atoms with Gasteiger partial charge >= 0.3 is 0 Å². The second-order valence-electron chi connectivity index (χ2n) is 8.36. The van der Waals surface area contributed by atoms with Crippen molar-refractivity contribution in [3.63, 3.8) is 0 Å². The molecule has 0 radical (unpaired) electrons. The van der Waals surface area contributed by atoms with Crippen LogP contribution in [0.4, 0.5) is 0 Å². The van der Waals surface area contributed by atoms with Crippen molar-refractivity contribution in [1.82, 2.24) is 24.1 Å². The van der Waals surface area contributed by atoms with E-state index in [1.165, 1.54) is 11.8 Å². The monoisotopic (exact) mass is 447 g/mol. The number of benzene rings is 2. The zero-order valence-electron chi connectivity index (χ0n) is 18.0. The van der Waals surface area contributed by atoms with Gasteiger partial charge in [-0.3, -0.25) is 18.6 Å². The number of nitrogens with zero attached hydrogens (tertiary/aromatic N) is 5. The molecule has 1 aliphatic heterocycles. The number of amides is 1. The van der Waals surface area contributed by atoms with Crippen molar-refractivity contribution in [3.8, 4) is 0 Å². The Morgan fingerprint density at radius 3 is 2.53 bits per heavy atom. The maximum Gasteiger partial charge on any atom is 0.263 e. The highest BCUT2D eigenvalue weighted by Gasteiger charge is 2.22. The minimum atomic E-state index is -0.0978. The lowest BCUT2D eigenvalue weighted by molar-refractivity contribution is -0.129. The van der Waals surface area contributed by atoms with Gasteiger partial charge in [0.15, 0.2) is 5.16 Å². The molecule has 2 aromatic carbocycles. The number of aromatic nitrogens is 4. The highest BCUT2D eigenvalue weighted by atomic mass is 32.2. The lowest BCUT2D eigenvalue weighted by atomic mass is 9.99. The smallest absolute Gasteiger partial charge is 0.263 e. The molecule has 1 amide bonds. The first-order valence-electron chi connectivity index (χ1n) is 10.9. The van der Waals surface area contributed by atoms with E-state index in [4.69, 9.17) is 0 Å². The van der Waals surface area contributed by atoms with Crippen LogP contribution in [-0.4, -0.2) is 48.8 Å². The fourth-order valence-corrected chi connectivity index (χ4v) is 5.05. The Kier molecular flexibility index (Phi) is 5.70. The standard InChI is InChI=1S/C24H25N5O2S/c1-17-11-13-27(14-12-17)21(30)16-32-24-26-25-23-28(15-18-7-3-2-4-8-18)22(31)19-9-5-6-10-20(19)29(23)24/h2-10,17H,11-16H2,1H3. The van der Waals surface area contributed by atoms with Crippen molar-refractivity contribution in [2.75, 3.05) is 18.8 Å². The summed E-state index contributed by atoms with van der Waals surface area (Å²) in [4.78, 5) is 28.0. The SMILES string of the molecule is CC1CCN(C(=O)CSc2nnc3n(Cc4ccccc4)c(=O)c4ccccc4n23)CC1. The summed E-state index contributed by atoms with van der Waals surface area (Å²) < 4.78 is 3.55. The zero-order valence-corrected chi connectivity index (χ0v) is 18.8. The zero-order chi connectivity index (χ0) is 22.1. The van der Waals surface area contributed by atoms with E-state index >= 15 is 0 Å². The van der Waals surface area contributed by atoms with Gasteiger partial charge in [0.1, 0.15) is 0 Å². The summed E-state index contributed by atoms with van der Waals surface area (Å²) in [6.45, 7) is 4.28. The Balaban J connectivity index is 1.51. The molecule has 2 aromatic heterocycles. The third-order valence-corrected chi connectivity index (χ3v) is 7.04. The van der Waals surface area contributed by atoms with Crippen molar-refractivity contribution >= 4 is 34.3 Å². The predicted molar refractivity (Wildman–Crippen MR) is 126 cm³/mol. The van der Waals surface area contributed by atoms with E-state index in [2.05, 4.69) is 17.1 Å². The van der Waals surface area contributed by atoms with Gasteiger partial charge in [0.05, 0.1) is 23.2 Å². The van der Waals surface area contributed by atoms with E-state index in [0.717, 1.165) is 37.0 Å². The van der Waals surface area contributed by atoms with Crippen molar-refractivity contribution in [3.05, 3.63) is 70.5 Å². The van der Waals surface area contributed by atoms with Crippen LogP contribution < -0.4 is 5.56 Å². The van der Waals surface area contributed by atoms with Crippen LogP contribution in [0.3, 0.4) is 0 Å². The molecule has 0 unspecified atom stereocenters. The molecule has 1 saturated heterocycles. The lowest BCUT2D eigenvalue weighted by Gasteiger charge is -2.30. The molecule has 0 bridgehead atoms. The maximum atomic E-state index is 13.3. The van der Waals surface area contributed by atoms with E-state index in [9.17, 15) is 9.59 Å². The van der Waals surface area contributed by atoms with E-state index in [0.29, 0.717) is 34.5 Å². The number of piperidine rings is 1. The highest BCUT2D eigenvalue weighted by Crippen LogP contribution is 2.23. The van der Waals surface area contributed by atoms with Crippen LogP contribution in [0.25, 0.3) is 16.7 Å². The molecule has 1 aliphatic rings. The topological polar surface area (TPSA) is 72.5 Å². The average molecular weight is 448 g/mol. The van der Waals surface area contributed by atoms with Gasteiger partial charge in [-0.2, -0.15) is 0 Å². The van der Waals surface area contributed by atoms with Gasteiger partial charge in [0.2, 0.25) is 11.7 Å². The number of hydrogen-bond donors (Lipinski definition) is 0. The summed E-state index contributed by atoms with van der Waals surface area (Å²) in [6.07, 6.45) is 2.11. The molecule has 3 heterocycles. The molecule has 8 heteroatoms. The molecule has 0 saturated carbocycles. The molecule has 4 aromatic rings. The Hall–Kier alpha value is -3.13. The van der Waals surface area contributed by atoms with Crippen LogP contribution in [0.1, 0.15) is 25.3 Å². The minimum Gasteiger partial charge on any atom is -0.342 e. The van der Waals surface area contributed by atoms with Gasteiger partial charge in [-0.05, 0) is 36.5 Å². The number of hydrogen-bond acceptors (Lipinski definition) is 5. The van der Waals surface area contributed by atoms with Crippen LogP contribution in [0.2, 0.25) is 0 Å². The quantitative estimate of drug-likeness (QED) is 0.438. The van der Waals surface area contributed by atoms with Crippen LogP contribution in [0.5, 0.6) is 0 Å². The fraction of sp³-hybridized carbons (Fsp3) is 0.333. The number of thioether (sulfide) groups is 1. The summed E-state index contributed by atoms with van der Waals surface area (Å²) >= 11 is 1.38. The molecular weight excluding hydrogens is 422 g/mol. The Morgan fingerprint density at radius 2 is 1.75 bits per heavy atom. The first kappa shape index (κ1) is 20.8. The molecule has 164 valence electrons. The molecule has 0 N–H and O–H groups in total. The second kappa shape index (κ2) is 8.78. The predicted octanol–water partition coefficient (Wildman–Crippen LogP) is 3.44. The fourth-order valence-electron chi connectivity index (χ4n) is 4.21. The molecular formula is C24H25N5O2S. The van der Waals surface area contributed by atoms with E-state index in [1.807, 2.05) is 63.9 Å². The minimum absolute atomic E-state index is 0.0978. The number of fused-ring (bicyclic) bond motifs is 3. The van der Waals surface area contributed by atoms with Crippen molar-refractivity contribution in [1.29, 1.82) is 0 Å². The van der Waals surface area contributed by atoms with Crippen LogP contribution in [-0.2, 0) is 11.3 Å². The maximum absolute atomic E-state index is 13.3. The second-order valence-corrected chi connectivity index (χ2v) is 9.31. The van der Waals surface area contributed by atoms with E-state index in [-0.39, 0.29) is 11.5 Å². The Bertz CT molecular complexity index is 1320. The average Bonchev–Trinajstić information content (AvgIpc) is 3.25. The van der Waals surface area contributed by atoms with E-state index in [1.54, 1.807) is 4.57 Å². The lowest BCUT2D eigenvalue weighted by Crippen LogP contribution is -2.38. The number of para-hydroxylation sites is 1. The first-order chi connectivity index (χ1) is 15.6. The highest BCUT2D eigenvalue weighted by molar-refractivity contribution is 7.99. The van der Waals surface area contributed by atoms with Crippen molar-refractivity contribution in [2.24, 2.45) is 5.92 Å². The van der Waals surface area contributed by atoms with Crippen LogP contribution in [0, 0.1) is 5.92 Å². The Morgan fingerprint density at radius 1 is 1.03 bits per heavy atom. The molecule has 5 rings (SSSR count). The number of carbonyl (C=O) groups is 1. The largest absolute Gasteiger partial charge is 0.342 e. The molecule has 0 spiro atoms. The van der Waals surface area contributed by atoms with Gasteiger partial charge in [-0.15, -0.1) is 10.2 Å². The molecule has 1 fully saturated rings. The summed E-state index contributed by atoms with van der Waals surface area (Å²) in [5, 5.41) is 9.95. The number of carbonyl (C=O) groups excluding carboxylic acids is 1. The first-order valence-corrected chi connectivity index (χ1v) is 11.9. The Labute approximate surface area is 190 Å². The van der Waals surface area contributed by atoms with Crippen molar-refractivity contribution in [2.45, 2.75) is 31.5 Å². The third-order valence-electron chi connectivity index (χ3n) is 6.12. The summed E-state index contributed by atoms with van der Waals surface area (Å²) in [7, 11) is 0. The number of rotatable bonds is 5. The third kappa shape index (κ3) is 3.90. The van der Waals surface area contributed by atoms with Crippen LogP contribution >= 0.6 is 11.8 Å². The molecule has 32 heavy (non-hydrogen) atoms. The normalized spacial score (nSPS) is 15.0. The molecule has 0 aliphatic carbocycles. The van der Waals surface area contributed by atoms with Gasteiger partial charge < -0.3 is 4.90 Å². The summed E-state index contributed by atoms with van der Waals surface area (Å²) in [5.74, 6) is 1.60. The molecule has 0 atom stereocenters. The van der Waals surface area contributed by atoms with Gasteiger partial charge in [0.25, 0.3) is 5.56 Å². The summed E-state index contributed by atoms with van der Waals surface area (Å²) in [6, 6.07) is 17.3. The molecule has 7 nitrogen and oxygen atoms in total. The van der Waals surface area contributed by atoms with Gasteiger partial charge in [0, 0.05) is 13.1 Å². The van der Waals surface area contributed by atoms with E-state index < -0.39 is 0 Å².